The number of carbonyl (C=O) groups is 1. The molecule has 5 heteroatoms. The lowest BCUT2D eigenvalue weighted by atomic mass is 9.75. The summed E-state index contributed by atoms with van der Waals surface area (Å²) in [6, 6.07) is 18.3. The molecular weight excluding hydrogens is 352 g/mol. The Morgan fingerprint density at radius 2 is 1.96 bits per heavy atom. The van der Waals surface area contributed by atoms with Gasteiger partial charge in [0.05, 0.1) is 19.3 Å². The number of para-hydroxylation sites is 1. The highest BCUT2D eigenvalue weighted by molar-refractivity contribution is 5.87. The zero-order valence-electron chi connectivity index (χ0n) is 15.9. The Morgan fingerprint density at radius 3 is 2.71 bits per heavy atom. The van der Waals surface area contributed by atoms with Gasteiger partial charge in [-0.3, -0.25) is 10.1 Å². The number of fused-ring (bicyclic) bond motifs is 4. The molecule has 1 saturated heterocycles. The maximum Gasteiger partial charge on any atom is 0.323 e. The molecule has 2 aromatic carbocycles. The molecular formula is C23H24N2O3. The highest BCUT2D eigenvalue weighted by Crippen LogP contribution is 2.44. The van der Waals surface area contributed by atoms with Crippen molar-refractivity contribution in [1.29, 1.82) is 0 Å². The number of hydrogen-bond acceptors (Lipinski definition) is 4. The van der Waals surface area contributed by atoms with Gasteiger partial charge in [0.1, 0.15) is 11.6 Å². The summed E-state index contributed by atoms with van der Waals surface area (Å²) in [5, 5.41) is 4.79. The summed E-state index contributed by atoms with van der Waals surface area (Å²) in [5.74, 6) is -0.192. The average Bonchev–Trinajstić information content (AvgIpc) is 3.10. The minimum absolute atomic E-state index is 0.0426. The first-order chi connectivity index (χ1) is 13.7. The van der Waals surface area contributed by atoms with Crippen LogP contribution in [-0.4, -0.2) is 36.3 Å². The van der Waals surface area contributed by atoms with Crippen LogP contribution in [0.2, 0.25) is 0 Å². The molecule has 0 bridgehead atoms. The predicted octanol–water partition coefficient (Wildman–Crippen LogP) is 3.08. The van der Waals surface area contributed by atoms with Crippen molar-refractivity contribution in [3.8, 4) is 0 Å². The van der Waals surface area contributed by atoms with Crippen molar-refractivity contribution in [3.05, 3.63) is 71.4 Å². The van der Waals surface area contributed by atoms with E-state index in [1.807, 2.05) is 37.3 Å². The van der Waals surface area contributed by atoms with E-state index >= 15 is 0 Å². The van der Waals surface area contributed by atoms with Gasteiger partial charge in [0.15, 0.2) is 0 Å². The molecule has 28 heavy (non-hydrogen) atoms. The molecule has 2 aliphatic heterocycles. The molecule has 0 amide bonds. The number of benzene rings is 2. The van der Waals surface area contributed by atoms with Crippen molar-refractivity contribution in [2.75, 3.05) is 13.2 Å². The van der Waals surface area contributed by atoms with Crippen LogP contribution in [0.3, 0.4) is 0 Å². The molecule has 0 saturated carbocycles. The van der Waals surface area contributed by atoms with E-state index in [1.54, 1.807) is 0 Å². The first kappa shape index (κ1) is 17.5. The highest BCUT2D eigenvalue weighted by Gasteiger charge is 2.56. The molecule has 1 aromatic heterocycles. The van der Waals surface area contributed by atoms with Gasteiger partial charge in [-0.05, 0) is 24.1 Å². The standard InChI is InChI=1S/C23H24N2O3/c1-2-27-22(26)19-13-17-16-10-6-7-11-18(16)24-21(17)23(25-19)14-28-20(23)12-15-8-4-3-5-9-15/h3-11,19-20,24-25H,2,12-14H2,1H3/t19-,20-,23-/m0/s1. The van der Waals surface area contributed by atoms with Crippen molar-refractivity contribution in [2.45, 2.75) is 37.5 Å². The molecule has 0 unspecified atom stereocenters. The molecule has 1 spiro atoms. The third kappa shape index (κ3) is 2.65. The number of nitrogens with one attached hydrogen (secondary N) is 2. The van der Waals surface area contributed by atoms with Gasteiger partial charge in [-0.2, -0.15) is 0 Å². The zero-order chi connectivity index (χ0) is 19.1. The second kappa shape index (κ2) is 6.76. The maximum absolute atomic E-state index is 12.6. The van der Waals surface area contributed by atoms with Crippen LogP contribution in [0.5, 0.6) is 0 Å². The first-order valence-electron chi connectivity index (χ1n) is 9.91. The van der Waals surface area contributed by atoms with Gasteiger partial charge in [-0.1, -0.05) is 48.5 Å². The van der Waals surface area contributed by atoms with Crippen molar-refractivity contribution in [1.82, 2.24) is 10.3 Å². The fourth-order valence-corrected chi connectivity index (χ4v) is 4.61. The number of aromatic nitrogens is 1. The third-order valence-electron chi connectivity index (χ3n) is 6.00. The van der Waals surface area contributed by atoms with Gasteiger partial charge in [-0.25, -0.2) is 0 Å². The monoisotopic (exact) mass is 376 g/mol. The van der Waals surface area contributed by atoms with E-state index in [4.69, 9.17) is 9.47 Å². The van der Waals surface area contributed by atoms with Crippen LogP contribution < -0.4 is 5.32 Å². The van der Waals surface area contributed by atoms with Crippen LogP contribution in [-0.2, 0) is 32.6 Å². The second-order valence-corrected chi connectivity index (χ2v) is 7.64. The van der Waals surface area contributed by atoms with E-state index in [1.165, 1.54) is 16.5 Å². The third-order valence-corrected chi connectivity index (χ3v) is 6.00. The van der Waals surface area contributed by atoms with Gasteiger partial charge in [0.25, 0.3) is 0 Å². The molecule has 2 aliphatic rings. The Hall–Kier alpha value is -2.63. The smallest absolute Gasteiger partial charge is 0.323 e. The molecule has 3 atom stereocenters. The fourth-order valence-electron chi connectivity index (χ4n) is 4.61. The van der Waals surface area contributed by atoms with E-state index in [0.29, 0.717) is 19.6 Å². The lowest BCUT2D eigenvalue weighted by Crippen LogP contribution is -2.70. The lowest BCUT2D eigenvalue weighted by molar-refractivity contribution is -0.171. The Balaban J connectivity index is 1.57. The lowest BCUT2D eigenvalue weighted by Gasteiger charge is -2.53. The first-order valence-corrected chi connectivity index (χ1v) is 9.91. The van der Waals surface area contributed by atoms with Crippen LogP contribution in [0.1, 0.15) is 23.7 Å². The fraction of sp³-hybridized carbons (Fsp3) is 0.348. The van der Waals surface area contributed by atoms with Crippen LogP contribution in [0.25, 0.3) is 10.9 Å². The van der Waals surface area contributed by atoms with Crippen molar-refractivity contribution in [3.63, 3.8) is 0 Å². The van der Waals surface area contributed by atoms with Crippen molar-refractivity contribution < 1.29 is 14.3 Å². The number of aromatic amines is 1. The Labute approximate surface area is 164 Å². The van der Waals surface area contributed by atoms with E-state index in [0.717, 1.165) is 17.6 Å². The Morgan fingerprint density at radius 1 is 1.18 bits per heavy atom. The molecule has 0 aliphatic carbocycles. The summed E-state index contributed by atoms with van der Waals surface area (Å²) >= 11 is 0. The van der Waals surface area contributed by atoms with Gasteiger partial charge in [-0.15, -0.1) is 0 Å². The highest BCUT2D eigenvalue weighted by atomic mass is 16.5. The summed E-state index contributed by atoms with van der Waals surface area (Å²) in [7, 11) is 0. The molecule has 1 fully saturated rings. The predicted molar refractivity (Wildman–Crippen MR) is 107 cm³/mol. The molecule has 3 aromatic rings. The largest absolute Gasteiger partial charge is 0.465 e. The minimum atomic E-state index is -0.403. The van der Waals surface area contributed by atoms with Crippen LogP contribution in [0, 0.1) is 0 Å². The topological polar surface area (TPSA) is 63.4 Å². The minimum Gasteiger partial charge on any atom is -0.465 e. The van der Waals surface area contributed by atoms with E-state index < -0.39 is 5.54 Å². The quantitative estimate of drug-likeness (QED) is 0.687. The summed E-state index contributed by atoms with van der Waals surface area (Å²) in [4.78, 5) is 16.2. The number of esters is 1. The van der Waals surface area contributed by atoms with Gasteiger partial charge >= 0.3 is 5.97 Å². The molecule has 5 nitrogen and oxygen atoms in total. The number of rotatable bonds is 4. The number of carbonyl (C=O) groups excluding carboxylic acids is 1. The Bertz CT molecular complexity index is 1010. The maximum atomic E-state index is 12.6. The van der Waals surface area contributed by atoms with Crippen molar-refractivity contribution >= 4 is 16.9 Å². The summed E-state index contributed by atoms with van der Waals surface area (Å²) < 4.78 is 11.4. The summed E-state index contributed by atoms with van der Waals surface area (Å²) in [6.07, 6.45) is 1.37. The van der Waals surface area contributed by atoms with Gasteiger partial charge < -0.3 is 14.5 Å². The zero-order valence-corrected chi connectivity index (χ0v) is 15.9. The van der Waals surface area contributed by atoms with Crippen LogP contribution >= 0.6 is 0 Å². The molecule has 3 heterocycles. The van der Waals surface area contributed by atoms with Crippen molar-refractivity contribution in [2.24, 2.45) is 0 Å². The average molecular weight is 376 g/mol. The second-order valence-electron chi connectivity index (χ2n) is 7.64. The van der Waals surface area contributed by atoms with Crippen LogP contribution in [0.15, 0.2) is 54.6 Å². The number of ether oxygens (including phenoxy) is 2. The SMILES string of the molecule is CCOC(=O)[C@@H]1Cc2c([nH]c3ccccc23)[C@@]2(CO[C@H]2Cc2ccccc2)N1. The summed E-state index contributed by atoms with van der Waals surface area (Å²) in [6.45, 7) is 2.77. The Kier molecular flexibility index (Phi) is 4.22. The van der Waals surface area contributed by atoms with E-state index in [9.17, 15) is 4.79 Å². The van der Waals surface area contributed by atoms with Crippen LogP contribution in [0.4, 0.5) is 0 Å². The van der Waals surface area contributed by atoms with Gasteiger partial charge in [0.2, 0.25) is 0 Å². The molecule has 2 N–H and O–H groups in total. The molecule has 5 rings (SSSR count). The summed E-state index contributed by atoms with van der Waals surface area (Å²) in [5.41, 5.74) is 4.28. The normalized spacial score (nSPS) is 26.0. The number of H-pyrrole nitrogens is 1. The van der Waals surface area contributed by atoms with E-state index in [2.05, 4.69) is 34.6 Å². The molecule has 0 radical (unpaired) electrons. The van der Waals surface area contributed by atoms with E-state index in [-0.39, 0.29) is 18.1 Å². The number of hydrogen-bond donors (Lipinski definition) is 2. The van der Waals surface area contributed by atoms with Gasteiger partial charge in [0, 0.05) is 29.4 Å². The molecule has 144 valence electrons.